The highest BCUT2D eigenvalue weighted by atomic mass is 32.2. The number of nitrogens with one attached hydrogen (secondary N) is 1. The molecule has 0 radical (unpaired) electrons. The average Bonchev–Trinajstić information content (AvgIpc) is 2.25. The van der Waals surface area contributed by atoms with Gasteiger partial charge in [0.1, 0.15) is 0 Å². The Morgan fingerprint density at radius 3 is 2.79 bits per heavy atom. The minimum Gasteiger partial charge on any atom is -0.383 e. The van der Waals surface area contributed by atoms with E-state index in [0.29, 0.717) is 6.54 Å². The van der Waals surface area contributed by atoms with Crippen LogP contribution >= 0.6 is 11.8 Å². The van der Waals surface area contributed by atoms with E-state index in [1.807, 2.05) is 42.0 Å². The lowest BCUT2D eigenvalue weighted by molar-refractivity contribution is 0.0995. The predicted octanol–water partition coefficient (Wildman–Crippen LogP) is 2.29. The molecule has 1 rings (SSSR count). The van der Waals surface area contributed by atoms with E-state index in [9.17, 15) is 4.79 Å². The average molecular weight is 207 g/mol. The van der Waals surface area contributed by atoms with E-state index < -0.39 is 0 Å². The molecule has 0 spiro atoms. The van der Waals surface area contributed by atoms with Crippen molar-refractivity contribution in [1.29, 1.82) is 0 Å². The monoisotopic (exact) mass is 207 g/mol. The van der Waals surface area contributed by atoms with Gasteiger partial charge in [-0.3, -0.25) is 4.79 Å². The molecule has 1 aromatic rings. The van der Waals surface area contributed by atoms with Crippen LogP contribution in [0.3, 0.4) is 0 Å². The maximum absolute atomic E-state index is 11.5. The third-order valence-electron chi connectivity index (χ3n) is 1.68. The van der Waals surface area contributed by atoms with Gasteiger partial charge in [-0.15, -0.1) is 11.8 Å². The van der Waals surface area contributed by atoms with Crippen LogP contribution in [-0.4, -0.2) is 18.6 Å². The van der Waals surface area contributed by atoms with E-state index in [0.717, 1.165) is 5.56 Å². The van der Waals surface area contributed by atoms with Crippen molar-refractivity contribution in [3.8, 4) is 0 Å². The Morgan fingerprint density at radius 2 is 2.14 bits per heavy atom. The van der Waals surface area contributed by atoms with Gasteiger partial charge in [-0.25, -0.2) is 0 Å². The van der Waals surface area contributed by atoms with Crippen LogP contribution < -0.4 is 5.32 Å². The molecule has 0 aliphatic heterocycles. The zero-order valence-corrected chi connectivity index (χ0v) is 8.88. The Bertz CT molecular complexity index is 308. The second kappa shape index (κ2) is 6.27. The molecule has 3 heteroatoms. The maximum Gasteiger partial charge on any atom is 0.181 e. The van der Waals surface area contributed by atoms with Crippen molar-refractivity contribution in [2.45, 2.75) is 0 Å². The smallest absolute Gasteiger partial charge is 0.181 e. The van der Waals surface area contributed by atoms with Gasteiger partial charge in [0.2, 0.25) is 0 Å². The van der Waals surface area contributed by atoms with Gasteiger partial charge in [-0.1, -0.05) is 30.3 Å². The van der Waals surface area contributed by atoms with Crippen molar-refractivity contribution in [1.82, 2.24) is 5.32 Å². The summed E-state index contributed by atoms with van der Waals surface area (Å²) in [6.07, 6.45) is 3.75. The number of carbonyl (C=O) groups excluding carboxylic acids is 1. The van der Waals surface area contributed by atoms with Crippen LogP contribution in [0, 0.1) is 0 Å². The highest BCUT2D eigenvalue weighted by Gasteiger charge is 2.01. The number of rotatable bonds is 5. The van der Waals surface area contributed by atoms with E-state index in [2.05, 4.69) is 5.32 Å². The van der Waals surface area contributed by atoms with Crippen LogP contribution in [0.1, 0.15) is 10.4 Å². The first-order valence-electron chi connectivity index (χ1n) is 4.34. The summed E-state index contributed by atoms with van der Waals surface area (Å²) in [6.45, 7) is 0.348. The third-order valence-corrected chi connectivity index (χ3v) is 2.09. The van der Waals surface area contributed by atoms with Gasteiger partial charge in [0.25, 0.3) is 0 Å². The molecule has 0 aliphatic carbocycles. The highest BCUT2D eigenvalue weighted by Crippen LogP contribution is 1.98. The van der Waals surface area contributed by atoms with E-state index >= 15 is 0 Å². The molecule has 0 fully saturated rings. The zero-order valence-electron chi connectivity index (χ0n) is 8.07. The molecule has 1 N–H and O–H groups in total. The van der Waals surface area contributed by atoms with Gasteiger partial charge in [-0.2, -0.15) is 0 Å². The Hall–Kier alpha value is -1.22. The van der Waals surface area contributed by atoms with Crippen LogP contribution in [-0.2, 0) is 0 Å². The molecule has 0 aromatic heterocycles. The fourth-order valence-corrected chi connectivity index (χ4v) is 1.23. The van der Waals surface area contributed by atoms with Crippen molar-refractivity contribution in [3.63, 3.8) is 0 Å². The molecule has 0 bridgehead atoms. The van der Waals surface area contributed by atoms with Crippen molar-refractivity contribution >= 4 is 17.5 Å². The lowest BCUT2D eigenvalue weighted by Crippen LogP contribution is -2.17. The van der Waals surface area contributed by atoms with E-state index in [1.54, 1.807) is 18.0 Å². The second-order valence-corrected chi connectivity index (χ2v) is 3.45. The first kappa shape index (κ1) is 10.9. The number of hydrogen-bond acceptors (Lipinski definition) is 3. The molecule has 74 valence electrons. The molecule has 0 atom stereocenters. The minimum absolute atomic E-state index is 0.108. The Kier molecular flexibility index (Phi) is 4.86. The Morgan fingerprint density at radius 1 is 1.43 bits per heavy atom. The lowest BCUT2D eigenvalue weighted by atomic mass is 10.1. The standard InChI is InChI=1S/C11H13NOS/c1-14-8-7-12-9-11(13)10-5-3-2-4-6-10/h2-8,12H,9H2,1H3/b8-7-. The number of benzene rings is 1. The van der Waals surface area contributed by atoms with Crippen molar-refractivity contribution in [2.75, 3.05) is 12.8 Å². The van der Waals surface area contributed by atoms with Gasteiger partial charge >= 0.3 is 0 Å². The molecule has 14 heavy (non-hydrogen) atoms. The number of carbonyl (C=O) groups is 1. The molecule has 0 saturated carbocycles. The highest BCUT2D eigenvalue weighted by molar-refractivity contribution is 8.01. The van der Waals surface area contributed by atoms with Gasteiger partial charge in [0.05, 0.1) is 6.54 Å². The van der Waals surface area contributed by atoms with Crippen LogP contribution in [0.4, 0.5) is 0 Å². The summed E-state index contributed by atoms with van der Waals surface area (Å²) in [7, 11) is 0. The molecule has 2 nitrogen and oxygen atoms in total. The normalized spacial score (nSPS) is 10.4. The van der Waals surface area contributed by atoms with Crippen molar-refractivity contribution in [2.24, 2.45) is 0 Å². The molecule has 0 saturated heterocycles. The van der Waals surface area contributed by atoms with Gasteiger partial charge in [0.15, 0.2) is 5.78 Å². The van der Waals surface area contributed by atoms with E-state index in [-0.39, 0.29) is 5.78 Å². The van der Waals surface area contributed by atoms with Gasteiger partial charge < -0.3 is 5.32 Å². The lowest BCUT2D eigenvalue weighted by Gasteiger charge is -1.99. The van der Waals surface area contributed by atoms with Crippen molar-refractivity contribution < 1.29 is 4.79 Å². The largest absolute Gasteiger partial charge is 0.383 e. The van der Waals surface area contributed by atoms with E-state index in [4.69, 9.17) is 0 Å². The molecule has 0 amide bonds. The summed E-state index contributed by atoms with van der Waals surface area (Å²) in [5, 5.41) is 4.83. The van der Waals surface area contributed by atoms with Crippen LogP contribution in [0.25, 0.3) is 0 Å². The first-order valence-corrected chi connectivity index (χ1v) is 5.63. The fraction of sp³-hybridized carbons (Fsp3) is 0.182. The Labute approximate surface area is 88.4 Å². The number of hydrogen-bond donors (Lipinski definition) is 1. The van der Waals surface area contributed by atoms with Crippen LogP contribution in [0.2, 0.25) is 0 Å². The number of Topliss-reactive ketones (excluding diaryl/α,β-unsaturated/α-hetero) is 1. The zero-order chi connectivity index (χ0) is 10.2. The number of thioether (sulfide) groups is 1. The molecular weight excluding hydrogens is 194 g/mol. The third kappa shape index (κ3) is 3.66. The Balaban J connectivity index is 2.40. The maximum atomic E-state index is 11.5. The van der Waals surface area contributed by atoms with Gasteiger partial charge in [0, 0.05) is 11.8 Å². The second-order valence-electron chi connectivity index (χ2n) is 2.71. The predicted molar refractivity (Wildman–Crippen MR) is 61.4 cm³/mol. The fourth-order valence-electron chi connectivity index (χ4n) is 0.994. The number of ketones is 1. The summed E-state index contributed by atoms with van der Waals surface area (Å²) in [5.74, 6) is 0.108. The minimum atomic E-state index is 0.108. The summed E-state index contributed by atoms with van der Waals surface area (Å²) < 4.78 is 0. The van der Waals surface area contributed by atoms with E-state index in [1.165, 1.54) is 0 Å². The quantitative estimate of drug-likeness (QED) is 0.751. The van der Waals surface area contributed by atoms with Crippen molar-refractivity contribution in [3.05, 3.63) is 47.5 Å². The summed E-state index contributed by atoms with van der Waals surface area (Å²) in [6, 6.07) is 9.28. The topological polar surface area (TPSA) is 29.1 Å². The molecule has 0 unspecified atom stereocenters. The van der Waals surface area contributed by atoms with Crippen LogP contribution in [0.15, 0.2) is 41.9 Å². The van der Waals surface area contributed by atoms with Crippen LogP contribution in [0.5, 0.6) is 0 Å². The summed E-state index contributed by atoms with van der Waals surface area (Å²) in [5.41, 5.74) is 0.748. The molecule has 0 heterocycles. The summed E-state index contributed by atoms with van der Waals surface area (Å²) >= 11 is 1.59. The first-order chi connectivity index (χ1) is 6.84. The molecule has 1 aromatic carbocycles. The molecule has 0 aliphatic rings. The SMILES string of the molecule is CS/C=C\NCC(=O)c1ccccc1. The van der Waals surface area contributed by atoms with Gasteiger partial charge in [-0.05, 0) is 11.7 Å². The molecular formula is C11H13NOS. The summed E-state index contributed by atoms with van der Waals surface area (Å²) in [4.78, 5) is 11.5.